The molecule has 0 spiro atoms. The number of hydrogen-bond donors (Lipinski definition) is 5. The van der Waals surface area contributed by atoms with E-state index in [1.54, 1.807) is 0 Å². The minimum Gasteiger partial charge on any atom is -0.481 e. The molecule has 0 aromatic carbocycles. The first-order valence-electron chi connectivity index (χ1n) is 6.71. The Morgan fingerprint density at radius 3 is 2.40 bits per heavy atom. The van der Waals surface area contributed by atoms with E-state index in [-0.39, 0.29) is 25.3 Å². The molecule has 0 bridgehead atoms. The molecule has 0 aromatic rings. The maximum atomic E-state index is 11.7. The Morgan fingerprint density at radius 1 is 1.20 bits per heavy atom. The van der Waals surface area contributed by atoms with E-state index in [1.165, 1.54) is 0 Å². The predicted octanol–water partition coefficient (Wildman–Crippen LogP) is -0.254. The van der Waals surface area contributed by atoms with Gasteiger partial charge >= 0.3 is 18.0 Å². The van der Waals surface area contributed by atoms with E-state index in [0.717, 1.165) is 25.9 Å². The molecule has 1 fully saturated rings. The Labute approximate surface area is 116 Å². The fourth-order valence-corrected chi connectivity index (χ4v) is 2.07. The third-order valence-electron chi connectivity index (χ3n) is 3.16. The van der Waals surface area contributed by atoms with Gasteiger partial charge in [-0.1, -0.05) is 0 Å². The molecule has 1 aliphatic rings. The molecule has 1 rings (SSSR count). The lowest BCUT2D eigenvalue weighted by Crippen LogP contribution is -2.51. The Morgan fingerprint density at radius 2 is 1.85 bits per heavy atom. The Bertz CT molecular complexity index is 355. The Hall–Kier alpha value is -1.83. The minimum atomic E-state index is -1.16. The molecule has 0 saturated carbocycles. The van der Waals surface area contributed by atoms with Crippen LogP contribution in [-0.2, 0) is 9.59 Å². The van der Waals surface area contributed by atoms with Crippen LogP contribution in [0.15, 0.2) is 0 Å². The van der Waals surface area contributed by atoms with Crippen molar-refractivity contribution in [1.82, 2.24) is 16.0 Å². The van der Waals surface area contributed by atoms with E-state index in [1.807, 2.05) is 0 Å². The molecular formula is C12H21N3O5. The van der Waals surface area contributed by atoms with Gasteiger partial charge in [-0.3, -0.25) is 4.79 Å². The van der Waals surface area contributed by atoms with Crippen molar-refractivity contribution in [2.75, 3.05) is 13.1 Å². The van der Waals surface area contributed by atoms with Crippen molar-refractivity contribution in [3.63, 3.8) is 0 Å². The van der Waals surface area contributed by atoms with E-state index >= 15 is 0 Å². The summed E-state index contributed by atoms with van der Waals surface area (Å²) < 4.78 is 0. The van der Waals surface area contributed by atoms with Crippen LogP contribution in [0.1, 0.15) is 32.1 Å². The summed E-state index contributed by atoms with van der Waals surface area (Å²) in [5, 5.41) is 25.8. The molecule has 0 radical (unpaired) electrons. The molecule has 0 aromatic heterocycles. The van der Waals surface area contributed by atoms with Gasteiger partial charge in [-0.15, -0.1) is 0 Å². The van der Waals surface area contributed by atoms with E-state index in [0.29, 0.717) is 0 Å². The fourth-order valence-electron chi connectivity index (χ4n) is 2.07. The number of aliphatic carboxylic acids is 2. The number of amides is 2. The molecule has 5 N–H and O–H groups in total. The lowest BCUT2D eigenvalue weighted by Gasteiger charge is -2.24. The molecule has 8 nitrogen and oxygen atoms in total. The molecule has 114 valence electrons. The monoisotopic (exact) mass is 287 g/mol. The summed E-state index contributed by atoms with van der Waals surface area (Å²) in [7, 11) is 0. The molecular weight excluding hydrogens is 266 g/mol. The number of hydrogen-bond acceptors (Lipinski definition) is 4. The van der Waals surface area contributed by atoms with Crippen LogP contribution < -0.4 is 16.0 Å². The average Bonchev–Trinajstić information content (AvgIpc) is 2.38. The second kappa shape index (κ2) is 8.36. The van der Waals surface area contributed by atoms with Crippen LogP contribution in [0.2, 0.25) is 0 Å². The number of carbonyl (C=O) groups excluding carboxylic acids is 1. The van der Waals surface area contributed by atoms with Crippen LogP contribution in [0.4, 0.5) is 4.79 Å². The van der Waals surface area contributed by atoms with Gasteiger partial charge in [-0.05, 0) is 38.8 Å². The SMILES string of the molecule is O=C(O)CCC[C@@H](NC(=O)NC1CCNCC1)C(=O)O. The fraction of sp³-hybridized carbons (Fsp3) is 0.750. The van der Waals surface area contributed by atoms with Gasteiger partial charge in [0.15, 0.2) is 0 Å². The highest BCUT2D eigenvalue weighted by atomic mass is 16.4. The number of piperidine rings is 1. The third kappa shape index (κ3) is 6.37. The van der Waals surface area contributed by atoms with Gasteiger partial charge in [0.2, 0.25) is 0 Å². The van der Waals surface area contributed by atoms with Crippen LogP contribution in [0.25, 0.3) is 0 Å². The van der Waals surface area contributed by atoms with Gasteiger partial charge in [0.05, 0.1) is 0 Å². The van der Waals surface area contributed by atoms with E-state index in [4.69, 9.17) is 10.2 Å². The van der Waals surface area contributed by atoms with Gasteiger partial charge in [0.25, 0.3) is 0 Å². The summed E-state index contributed by atoms with van der Waals surface area (Å²) >= 11 is 0. The summed E-state index contributed by atoms with van der Waals surface area (Å²) in [6.07, 6.45) is 1.82. The van der Waals surface area contributed by atoms with Crippen LogP contribution in [0.5, 0.6) is 0 Å². The van der Waals surface area contributed by atoms with Gasteiger partial charge in [0.1, 0.15) is 6.04 Å². The smallest absolute Gasteiger partial charge is 0.326 e. The number of carboxylic acid groups (broad SMARTS) is 2. The van der Waals surface area contributed by atoms with Crippen molar-refractivity contribution >= 4 is 18.0 Å². The molecule has 0 unspecified atom stereocenters. The molecule has 2 amide bonds. The van der Waals surface area contributed by atoms with Crippen molar-refractivity contribution < 1.29 is 24.6 Å². The molecule has 20 heavy (non-hydrogen) atoms. The molecule has 1 heterocycles. The van der Waals surface area contributed by atoms with Crippen LogP contribution >= 0.6 is 0 Å². The average molecular weight is 287 g/mol. The Balaban J connectivity index is 2.33. The van der Waals surface area contributed by atoms with Crippen molar-refractivity contribution in [2.24, 2.45) is 0 Å². The highest BCUT2D eigenvalue weighted by Gasteiger charge is 2.22. The summed E-state index contributed by atoms with van der Waals surface area (Å²) in [5.41, 5.74) is 0. The Kier molecular flexibility index (Phi) is 6.78. The number of rotatable bonds is 7. The van der Waals surface area contributed by atoms with E-state index in [9.17, 15) is 14.4 Å². The highest BCUT2D eigenvalue weighted by Crippen LogP contribution is 2.04. The maximum absolute atomic E-state index is 11.7. The quantitative estimate of drug-likeness (QED) is 0.439. The normalized spacial score (nSPS) is 17.2. The lowest BCUT2D eigenvalue weighted by molar-refractivity contribution is -0.140. The van der Waals surface area contributed by atoms with Crippen LogP contribution in [0.3, 0.4) is 0 Å². The zero-order chi connectivity index (χ0) is 15.0. The maximum Gasteiger partial charge on any atom is 0.326 e. The van der Waals surface area contributed by atoms with Crippen LogP contribution in [0, 0.1) is 0 Å². The third-order valence-corrected chi connectivity index (χ3v) is 3.16. The van der Waals surface area contributed by atoms with Gasteiger partial charge in [-0.25, -0.2) is 9.59 Å². The van der Waals surface area contributed by atoms with Gasteiger partial charge < -0.3 is 26.2 Å². The first-order chi connectivity index (χ1) is 9.49. The second-order valence-electron chi connectivity index (χ2n) is 4.82. The first-order valence-corrected chi connectivity index (χ1v) is 6.71. The van der Waals surface area contributed by atoms with Crippen molar-refractivity contribution in [2.45, 2.75) is 44.2 Å². The largest absolute Gasteiger partial charge is 0.481 e. The van der Waals surface area contributed by atoms with Gasteiger partial charge in [0, 0.05) is 12.5 Å². The number of nitrogens with one attached hydrogen (secondary N) is 3. The molecule has 1 atom stereocenters. The summed E-state index contributed by atoms with van der Waals surface area (Å²) in [6.45, 7) is 1.65. The van der Waals surface area contributed by atoms with Crippen molar-refractivity contribution in [1.29, 1.82) is 0 Å². The molecule has 1 saturated heterocycles. The second-order valence-corrected chi connectivity index (χ2v) is 4.82. The van der Waals surface area contributed by atoms with E-state index in [2.05, 4.69) is 16.0 Å². The topological polar surface area (TPSA) is 128 Å². The van der Waals surface area contributed by atoms with Gasteiger partial charge in [-0.2, -0.15) is 0 Å². The number of urea groups is 1. The lowest BCUT2D eigenvalue weighted by atomic mass is 10.1. The first kappa shape index (κ1) is 16.2. The standard InChI is InChI=1S/C12H21N3O5/c16-10(17)3-1-2-9(11(18)19)15-12(20)14-8-4-6-13-7-5-8/h8-9,13H,1-7H2,(H,16,17)(H,18,19)(H2,14,15,20)/t9-/m1/s1. The predicted molar refractivity (Wildman–Crippen MR) is 70.5 cm³/mol. The summed E-state index contributed by atoms with van der Waals surface area (Å²) in [4.78, 5) is 33.1. The summed E-state index contributed by atoms with van der Waals surface area (Å²) in [5.74, 6) is -2.14. The van der Waals surface area contributed by atoms with Crippen LogP contribution in [-0.4, -0.2) is 53.4 Å². The number of carboxylic acids is 2. The van der Waals surface area contributed by atoms with E-state index < -0.39 is 24.0 Å². The molecule has 8 heteroatoms. The summed E-state index contributed by atoms with van der Waals surface area (Å²) in [6, 6.07) is -1.53. The minimum absolute atomic E-state index is 0.0460. The zero-order valence-electron chi connectivity index (χ0n) is 11.2. The number of carbonyl (C=O) groups is 3. The van der Waals surface area contributed by atoms with Crippen molar-refractivity contribution in [3.05, 3.63) is 0 Å². The highest BCUT2D eigenvalue weighted by molar-refractivity contribution is 5.82. The molecule has 0 aliphatic carbocycles. The van der Waals surface area contributed by atoms with Crippen molar-refractivity contribution in [3.8, 4) is 0 Å². The zero-order valence-corrected chi connectivity index (χ0v) is 11.2. The molecule has 1 aliphatic heterocycles.